The number of benzene rings is 4. The van der Waals surface area contributed by atoms with Crippen LogP contribution in [-0.2, 0) is 23.9 Å². The number of nitrogens with zero attached hydrogens (tertiary/aromatic N) is 3. The van der Waals surface area contributed by atoms with Crippen LogP contribution in [0.4, 0.5) is 16.2 Å². The molecule has 15 heteroatoms. The third-order valence-electron chi connectivity index (χ3n) is 11.4. The van der Waals surface area contributed by atoms with Crippen molar-refractivity contribution in [1.29, 1.82) is 0 Å². The summed E-state index contributed by atoms with van der Waals surface area (Å²) in [7, 11) is 0. The lowest BCUT2D eigenvalue weighted by Gasteiger charge is -2.19. The number of carbonyl (C=O) groups excluding carboxylic acids is 6. The number of allylic oxidation sites excluding steroid dienone is 1. The molecule has 0 unspecified atom stereocenters. The molecular formula is C48H46N4O10S. The number of carbonyl (C=O) groups is 6. The first-order valence-electron chi connectivity index (χ1n) is 20.9. The van der Waals surface area contributed by atoms with Gasteiger partial charge in [-0.05, 0) is 46.9 Å². The zero-order valence-electron chi connectivity index (χ0n) is 34.9. The van der Waals surface area contributed by atoms with Crippen LogP contribution in [0.1, 0.15) is 69.0 Å². The molecule has 63 heavy (non-hydrogen) atoms. The van der Waals surface area contributed by atoms with Crippen molar-refractivity contribution in [2.45, 2.75) is 38.5 Å². The lowest BCUT2D eigenvalue weighted by atomic mass is 9.92. The molecule has 1 aromatic heterocycles. The van der Waals surface area contributed by atoms with Gasteiger partial charge in [0.25, 0.3) is 23.6 Å². The molecule has 3 aliphatic heterocycles. The van der Waals surface area contributed by atoms with Crippen LogP contribution in [0.5, 0.6) is 11.5 Å². The average molecular weight is 871 g/mol. The van der Waals surface area contributed by atoms with Crippen LogP contribution in [0, 0.1) is 0 Å². The minimum absolute atomic E-state index is 0.0188. The fourth-order valence-corrected chi connectivity index (χ4v) is 9.49. The number of nitrogens with one attached hydrogen (secondary N) is 1. The van der Waals surface area contributed by atoms with E-state index in [1.807, 2.05) is 54.6 Å². The van der Waals surface area contributed by atoms with Gasteiger partial charge in [0.2, 0.25) is 0 Å². The summed E-state index contributed by atoms with van der Waals surface area (Å²) < 4.78 is 22.5. The Labute approximate surface area is 367 Å². The predicted octanol–water partition coefficient (Wildman–Crippen LogP) is 7.50. The number of thiophene rings is 1. The monoisotopic (exact) mass is 870 g/mol. The molecule has 1 N–H and O–H groups in total. The van der Waals surface area contributed by atoms with Crippen LogP contribution in [-0.4, -0.2) is 93.2 Å². The Bertz CT molecular complexity index is 2670. The third kappa shape index (κ3) is 8.72. The van der Waals surface area contributed by atoms with Gasteiger partial charge >= 0.3 is 12.1 Å². The summed E-state index contributed by atoms with van der Waals surface area (Å²) in [6, 6.07) is 22.2. The number of rotatable bonds is 16. The van der Waals surface area contributed by atoms with Crippen molar-refractivity contribution in [1.82, 2.24) is 10.2 Å². The lowest BCUT2D eigenvalue weighted by molar-refractivity contribution is -0.137. The number of amides is 5. The van der Waals surface area contributed by atoms with Gasteiger partial charge in [-0.3, -0.25) is 28.9 Å². The molecule has 0 radical (unpaired) electrons. The standard InChI is InChI=1S/C48H46N4O10S/c1-4-10-31-28-52(37-25-38(61-29(3)53)32-11-6-9-14-35(32)45(31)37)47(57)41-16-15-40(63-41)46(56)51-27-30(5-2)44-34-13-8-7-12-33(34)39(26-36(44)51)62-48(58)49-19-21-59-23-24-60-22-20-50-42(54)17-18-43(50)55/h4,6-9,11-18,25-26,30-31H,1,5,10,19-24,27-28H2,2-3H3,(H,49,58)/t30-,31-/m1/s1. The second-order valence-electron chi connectivity index (χ2n) is 15.3. The predicted molar refractivity (Wildman–Crippen MR) is 239 cm³/mol. The van der Waals surface area contributed by atoms with Crippen molar-refractivity contribution in [3.8, 4) is 11.5 Å². The van der Waals surface area contributed by atoms with Gasteiger partial charge in [0.15, 0.2) is 0 Å². The molecule has 0 saturated carbocycles. The van der Waals surface area contributed by atoms with Gasteiger partial charge < -0.3 is 34.1 Å². The summed E-state index contributed by atoms with van der Waals surface area (Å²) in [5.74, 6) is -1.07. The highest BCUT2D eigenvalue weighted by molar-refractivity contribution is 7.16. The summed E-state index contributed by atoms with van der Waals surface area (Å²) in [4.78, 5) is 82.6. The zero-order valence-corrected chi connectivity index (χ0v) is 35.7. The summed E-state index contributed by atoms with van der Waals surface area (Å²) in [5, 5.41) is 6.00. The van der Waals surface area contributed by atoms with Crippen molar-refractivity contribution in [2.24, 2.45) is 0 Å². The van der Waals surface area contributed by atoms with E-state index in [4.69, 9.17) is 18.9 Å². The summed E-state index contributed by atoms with van der Waals surface area (Å²) in [5.41, 5.74) is 3.27. The fraction of sp³-hybridized carbons (Fsp3) is 0.292. The highest BCUT2D eigenvalue weighted by Crippen LogP contribution is 2.49. The maximum Gasteiger partial charge on any atom is 0.412 e. The molecule has 3 aliphatic rings. The van der Waals surface area contributed by atoms with Gasteiger partial charge in [-0.15, -0.1) is 17.9 Å². The van der Waals surface area contributed by atoms with E-state index in [9.17, 15) is 28.8 Å². The second kappa shape index (κ2) is 18.7. The SMILES string of the molecule is C=CC[C@@H]1CN(C(=O)c2ccc(C(=O)N3C[C@@H](CC)c4c3cc(OC(=O)NCCOCCOCCN3C(=O)C=CC3=O)c3ccccc43)s2)c2cc(OC(C)=O)c3ccccc3c21. The Kier molecular flexibility index (Phi) is 12.8. The number of ether oxygens (including phenoxy) is 4. The van der Waals surface area contributed by atoms with Crippen molar-refractivity contribution < 1.29 is 47.7 Å². The molecule has 0 bridgehead atoms. The van der Waals surface area contributed by atoms with E-state index in [2.05, 4.69) is 18.8 Å². The molecular weight excluding hydrogens is 825 g/mol. The average Bonchev–Trinajstić information content (AvgIpc) is 4.08. The van der Waals surface area contributed by atoms with Crippen LogP contribution in [0.2, 0.25) is 0 Å². The fourth-order valence-electron chi connectivity index (χ4n) is 8.59. The largest absolute Gasteiger partial charge is 0.426 e. The molecule has 4 heterocycles. The summed E-state index contributed by atoms with van der Waals surface area (Å²) in [6.07, 6.45) is 5.00. The first-order chi connectivity index (χ1) is 30.6. The van der Waals surface area contributed by atoms with Crippen LogP contribution in [0.15, 0.2) is 97.6 Å². The van der Waals surface area contributed by atoms with Crippen molar-refractivity contribution in [3.63, 3.8) is 0 Å². The molecule has 324 valence electrons. The first kappa shape index (κ1) is 43.0. The van der Waals surface area contributed by atoms with Crippen LogP contribution >= 0.6 is 11.3 Å². The molecule has 5 amide bonds. The van der Waals surface area contributed by atoms with Gasteiger partial charge in [0.1, 0.15) is 11.5 Å². The number of fused-ring (bicyclic) bond motifs is 6. The molecule has 2 atom stereocenters. The quantitative estimate of drug-likeness (QED) is 0.0346. The van der Waals surface area contributed by atoms with E-state index in [1.165, 1.54) is 19.1 Å². The molecule has 0 spiro atoms. The maximum absolute atomic E-state index is 14.5. The number of hydrogen-bond acceptors (Lipinski definition) is 11. The van der Waals surface area contributed by atoms with E-state index in [0.29, 0.717) is 52.1 Å². The lowest BCUT2D eigenvalue weighted by Crippen LogP contribution is -2.33. The smallest absolute Gasteiger partial charge is 0.412 e. The number of esters is 1. The van der Waals surface area contributed by atoms with Gasteiger partial charge in [-0.2, -0.15) is 0 Å². The highest BCUT2D eigenvalue weighted by atomic mass is 32.1. The highest BCUT2D eigenvalue weighted by Gasteiger charge is 2.38. The van der Waals surface area contributed by atoms with Crippen molar-refractivity contribution in [3.05, 3.63) is 118 Å². The molecule has 5 aromatic rings. The molecule has 8 rings (SSSR count). The molecule has 4 aromatic carbocycles. The van der Waals surface area contributed by atoms with Gasteiger partial charge in [0.05, 0.1) is 54.1 Å². The van der Waals surface area contributed by atoms with Crippen LogP contribution in [0.25, 0.3) is 21.5 Å². The van der Waals surface area contributed by atoms with Gasteiger partial charge in [-0.1, -0.05) is 61.5 Å². The third-order valence-corrected chi connectivity index (χ3v) is 12.5. The van der Waals surface area contributed by atoms with Crippen LogP contribution in [0.3, 0.4) is 0 Å². The Morgan fingerprint density at radius 3 is 1.81 bits per heavy atom. The number of imide groups is 1. The van der Waals surface area contributed by atoms with Crippen molar-refractivity contribution >= 4 is 79.9 Å². The topological polar surface area (TPSA) is 161 Å². The van der Waals surface area contributed by atoms with E-state index in [-0.39, 0.29) is 75.0 Å². The van der Waals surface area contributed by atoms with Crippen molar-refractivity contribution in [2.75, 3.05) is 62.4 Å². The molecule has 14 nitrogen and oxygen atoms in total. The molecule has 0 fully saturated rings. The Balaban J connectivity index is 0.953. The maximum atomic E-state index is 14.5. The van der Waals surface area contributed by atoms with Crippen LogP contribution < -0.4 is 24.6 Å². The minimum atomic E-state index is -0.690. The Morgan fingerprint density at radius 2 is 1.25 bits per heavy atom. The van der Waals surface area contributed by atoms with E-state index < -0.39 is 12.1 Å². The number of anilines is 2. The second-order valence-corrected chi connectivity index (χ2v) is 16.4. The van der Waals surface area contributed by atoms with Gasteiger partial charge in [0, 0.05) is 73.5 Å². The van der Waals surface area contributed by atoms with E-state index in [1.54, 1.807) is 34.1 Å². The zero-order chi connectivity index (χ0) is 44.2. The Morgan fingerprint density at radius 1 is 0.730 bits per heavy atom. The molecule has 0 saturated heterocycles. The summed E-state index contributed by atoms with van der Waals surface area (Å²) in [6.45, 7) is 9.36. The van der Waals surface area contributed by atoms with Gasteiger partial charge in [-0.25, -0.2) is 4.79 Å². The van der Waals surface area contributed by atoms with E-state index in [0.717, 1.165) is 55.3 Å². The minimum Gasteiger partial charge on any atom is -0.426 e. The first-order valence-corrected chi connectivity index (χ1v) is 21.7. The molecule has 0 aliphatic carbocycles. The summed E-state index contributed by atoms with van der Waals surface area (Å²) >= 11 is 1.12. The normalized spacial score (nSPS) is 16.5. The number of hydrogen-bond donors (Lipinski definition) is 1. The van der Waals surface area contributed by atoms with E-state index >= 15 is 0 Å². The Hall–Kier alpha value is -6.68.